The van der Waals surface area contributed by atoms with E-state index in [0.717, 1.165) is 18.3 Å². The Morgan fingerprint density at radius 3 is 2.40 bits per heavy atom. The van der Waals surface area contributed by atoms with E-state index in [0.29, 0.717) is 44.9 Å². The molecule has 0 radical (unpaired) electrons. The lowest BCUT2D eigenvalue weighted by Crippen LogP contribution is -2.69. The van der Waals surface area contributed by atoms with E-state index in [1.165, 1.54) is 0 Å². The van der Waals surface area contributed by atoms with Crippen molar-refractivity contribution >= 4 is 12.3 Å². The third kappa shape index (κ3) is 5.18. The van der Waals surface area contributed by atoms with E-state index in [1.807, 2.05) is 0 Å². The van der Waals surface area contributed by atoms with Gasteiger partial charge in [-0.3, -0.25) is 0 Å². The number of rotatable bonds is 6. The maximum Gasteiger partial charge on any atom is 0.331 e. The first-order chi connectivity index (χ1) is 22.2. The van der Waals surface area contributed by atoms with Crippen molar-refractivity contribution < 1.29 is 63.9 Å². The molecule has 3 aliphatic heterocycles. The minimum atomic E-state index is -1.50. The van der Waals surface area contributed by atoms with Crippen molar-refractivity contribution in [2.24, 2.45) is 28.6 Å². The highest BCUT2D eigenvalue weighted by atomic mass is 16.7. The molecule has 3 heterocycles. The molecule has 16 atom stereocenters. The Hall–Kier alpha value is -1.52. The van der Waals surface area contributed by atoms with Crippen molar-refractivity contribution in [2.75, 3.05) is 13.2 Å². The van der Waals surface area contributed by atoms with E-state index in [1.54, 1.807) is 13.0 Å². The topological polar surface area (TPSA) is 202 Å². The van der Waals surface area contributed by atoms with E-state index >= 15 is 0 Å². The van der Waals surface area contributed by atoms with Crippen molar-refractivity contribution in [3.8, 4) is 0 Å². The first-order valence-corrected chi connectivity index (χ1v) is 17.3. The van der Waals surface area contributed by atoms with Crippen LogP contribution in [0.4, 0.5) is 0 Å². The second-order valence-corrected chi connectivity index (χ2v) is 15.7. The van der Waals surface area contributed by atoms with Crippen LogP contribution < -0.4 is 0 Å². The number of carbonyl (C=O) groups excluding carboxylic acids is 2. The summed E-state index contributed by atoms with van der Waals surface area (Å²) in [5, 5.41) is 65.7. The third-order valence-corrected chi connectivity index (χ3v) is 13.6. The van der Waals surface area contributed by atoms with Gasteiger partial charge in [0.15, 0.2) is 12.6 Å². The van der Waals surface area contributed by atoms with Crippen LogP contribution in [0.3, 0.4) is 0 Å². The van der Waals surface area contributed by atoms with Gasteiger partial charge in [0.1, 0.15) is 37.3 Å². The molecule has 47 heavy (non-hydrogen) atoms. The van der Waals surface area contributed by atoms with Gasteiger partial charge in [-0.15, -0.1) is 0 Å². The second-order valence-electron chi connectivity index (χ2n) is 15.7. The summed E-state index contributed by atoms with van der Waals surface area (Å²) in [5.41, 5.74) is -2.86. The average Bonchev–Trinajstić information content (AvgIpc) is 3.57. The predicted molar refractivity (Wildman–Crippen MR) is 160 cm³/mol. The smallest absolute Gasteiger partial charge is 0.331 e. The molecule has 13 heteroatoms. The van der Waals surface area contributed by atoms with Crippen LogP contribution >= 0.6 is 0 Å². The highest BCUT2D eigenvalue weighted by molar-refractivity contribution is 5.85. The monoisotopic (exact) mass is 666 g/mol. The molecule has 0 aromatic heterocycles. The van der Waals surface area contributed by atoms with Crippen LogP contribution in [0.25, 0.3) is 0 Å². The number of ether oxygens (including phenoxy) is 5. The Labute approximate surface area is 274 Å². The number of aliphatic hydroxyl groups excluding tert-OH is 4. The van der Waals surface area contributed by atoms with Gasteiger partial charge >= 0.3 is 5.97 Å². The molecule has 4 saturated carbocycles. The number of hydrogen-bond acceptors (Lipinski definition) is 13. The number of carbonyl (C=O) groups is 2. The summed E-state index contributed by atoms with van der Waals surface area (Å²) in [6.45, 7) is 3.86. The van der Waals surface area contributed by atoms with Gasteiger partial charge in [0.05, 0.1) is 41.5 Å². The molecule has 13 nitrogen and oxygen atoms in total. The largest absolute Gasteiger partial charge is 0.458 e. The van der Waals surface area contributed by atoms with Crippen LogP contribution in [0.5, 0.6) is 0 Å². The fourth-order valence-corrected chi connectivity index (χ4v) is 11.0. The molecule has 264 valence electrons. The predicted octanol–water partition coefficient (Wildman–Crippen LogP) is 0.243. The average molecular weight is 667 g/mol. The zero-order chi connectivity index (χ0) is 33.5. The molecular weight excluding hydrogens is 616 g/mol. The summed E-state index contributed by atoms with van der Waals surface area (Å²) < 4.78 is 28.7. The van der Waals surface area contributed by atoms with Crippen molar-refractivity contribution in [1.82, 2.24) is 0 Å². The zero-order valence-corrected chi connectivity index (χ0v) is 27.1. The summed E-state index contributed by atoms with van der Waals surface area (Å²) in [6.07, 6.45) is -1.89. The zero-order valence-electron chi connectivity index (χ0n) is 27.1. The van der Waals surface area contributed by atoms with Gasteiger partial charge in [-0.1, -0.05) is 6.92 Å². The minimum Gasteiger partial charge on any atom is -0.458 e. The van der Waals surface area contributed by atoms with Crippen LogP contribution in [-0.2, 0) is 33.3 Å². The van der Waals surface area contributed by atoms with Crippen LogP contribution in [0.1, 0.15) is 78.1 Å². The van der Waals surface area contributed by atoms with Gasteiger partial charge in [-0.25, -0.2) is 4.79 Å². The molecule has 0 bridgehead atoms. The highest BCUT2D eigenvalue weighted by Gasteiger charge is 2.71. The number of aliphatic hydroxyl groups is 6. The minimum absolute atomic E-state index is 0.0370. The van der Waals surface area contributed by atoms with E-state index in [-0.39, 0.29) is 49.8 Å². The van der Waals surface area contributed by atoms with E-state index in [4.69, 9.17) is 23.7 Å². The standard InChI is InChI=1S/C34H50O13/c1-17-29(47-30-28(40)27(39)24(37)15-44-30)23(36)12-26(45-17)46-19-3-8-32(16-35)21-4-7-31(2)20(18-11-25(38)43-14-18)6-10-34(31,42)22(21)5-9-33(32,41)13-19/h11,16-17,19-24,26-30,36-37,39-42H,3-10,12-15H2,1-2H3/t17-,19+,20-,21-,22+,23-,24-,26+,27+,28+,29+,30-,31+,32-,33-,34-/m0/s1. The fourth-order valence-electron chi connectivity index (χ4n) is 11.0. The van der Waals surface area contributed by atoms with Crippen LogP contribution in [-0.4, -0.2) is 123 Å². The molecule has 0 unspecified atom stereocenters. The van der Waals surface area contributed by atoms with Crippen LogP contribution in [0.15, 0.2) is 11.6 Å². The Bertz CT molecular complexity index is 1250. The molecule has 7 aliphatic rings. The number of hydrogen-bond donors (Lipinski definition) is 6. The molecule has 0 spiro atoms. The molecule has 0 aromatic carbocycles. The van der Waals surface area contributed by atoms with E-state index in [2.05, 4.69) is 6.92 Å². The molecule has 6 fully saturated rings. The fraction of sp³-hybridized carbons (Fsp3) is 0.882. The highest BCUT2D eigenvalue weighted by Crippen LogP contribution is 2.70. The van der Waals surface area contributed by atoms with E-state index in [9.17, 15) is 40.2 Å². The lowest BCUT2D eigenvalue weighted by atomic mass is 9.41. The first kappa shape index (κ1) is 34.0. The van der Waals surface area contributed by atoms with Crippen molar-refractivity contribution in [3.63, 3.8) is 0 Å². The summed E-state index contributed by atoms with van der Waals surface area (Å²) in [4.78, 5) is 25.0. The van der Waals surface area contributed by atoms with Crippen molar-refractivity contribution in [2.45, 2.75) is 145 Å². The Kier molecular flexibility index (Phi) is 8.72. The third-order valence-electron chi connectivity index (χ3n) is 13.6. The normalized spacial score (nSPS) is 54.6. The number of aldehydes is 1. The Morgan fingerprint density at radius 1 is 0.936 bits per heavy atom. The number of esters is 1. The maximum atomic E-state index is 13.1. The SMILES string of the molecule is C[C@@H]1O[C@H](O[C@@H]2CC[C@]3(C=O)[C@H]4CC[C@]5(C)[C@H](C6=CC(=O)OC6)CC[C@]5(O)[C@@H]4CC[C@]3(O)C2)C[C@H](O)[C@@H]1O[C@@H]1OC[C@H](O)[C@@H](O)[C@H]1O. The van der Waals surface area contributed by atoms with Gasteiger partial charge in [0, 0.05) is 24.3 Å². The van der Waals surface area contributed by atoms with Crippen molar-refractivity contribution in [3.05, 3.63) is 11.6 Å². The van der Waals surface area contributed by atoms with Gasteiger partial charge < -0.3 is 59.1 Å². The van der Waals surface area contributed by atoms with Crippen molar-refractivity contribution in [1.29, 1.82) is 0 Å². The van der Waals surface area contributed by atoms with Gasteiger partial charge in [-0.05, 0) is 81.6 Å². The first-order valence-electron chi connectivity index (χ1n) is 17.3. The lowest BCUT2D eigenvalue weighted by molar-refractivity contribution is -0.331. The Balaban J connectivity index is 1.01. The van der Waals surface area contributed by atoms with Crippen LogP contribution in [0.2, 0.25) is 0 Å². The van der Waals surface area contributed by atoms with Gasteiger partial charge in [0.2, 0.25) is 0 Å². The summed E-state index contributed by atoms with van der Waals surface area (Å²) >= 11 is 0. The molecule has 0 aromatic rings. The second kappa shape index (κ2) is 12.1. The Morgan fingerprint density at radius 2 is 1.70 bits per heavy atom. The van der Waals surface area contributed by atoms with Crippen LogP contribution in [0, 0.1) is 28.6 Å². The lowest BCUT2D eigenvalue weighted by Gasteiger charge is -2.65. The number of cyclic esters (lactones) is 1. The molecule has 6 N–H and O–H groups in total. The van der Waals surface area contributed by atoms with Gasteiger partial charge in [-0.2, -0.15) is 0 Å². The quantitative estimate of drug-likeness (QED) is 0.128. The molecule has 2 saturated heterocycles. The molecule has 7 rings (SSSR count). The maximum absolute atomic E-state index is 13.1. The summed E-state index contributed by atoms with van der Waals surface area (Å²) in [5.74, 6) is -0.635. The molecule has 0 amide bonds. The number of fused-ring (bicyclic) bond motifs is 5. The van der Waals surface area contributed by atoms with Gasteiger partial charge in [0.25, 0.3) is 0 Å². The van der Waals surface area contributed by atoms with E-state index < -0.39 is 77.3 Å². The summed E-state index contributed by atoms with van der Waals surface area (Å²) in [7, 11) is 0. The molecular formula is C34H50O13. The molecule has 4 aliphatic carbocycles. The summed E-state index contributed by atoms with van der Waals surface area (Å²) in [6, 6.07) is 0.